The topological polar surface area (TPSA) is 106 Å². The second-order valence-corrected chi connectivity index (χ2v) is 18.2. The fourth-order valence-corrected chi connectivity index (χ4v) is 8.68. The van der Waals surface area contributed by atoms with Gasteiger partial charge in [0.2, 0.25) is 0 Å². The SMILES string of the molecule is CCCCCCCC(=O)OCC(=C\C=C\C(C)=C\C=C\C=C(C)\C=C\C=C(/C)C=C=C1C(C)(C)C[C@H](OC(C)=O)C[C@@]1(C)O)/C=C/[C@@]12O[C@]1(C)C[C@@H](O)CC2(C)C. The summed E-state index contributed by atoms with van der Waals surface area (Å²) in [6, 6.07) is 0. The summed E-state index contributed by atoms with van der Waals surface area (Å²) < 4.78 is 17.5. The summed E-state index contributed by atoms with van der Waals surface area (Å²) in [5.41, 5.74) is 5.62. The Labute approximate surface area is 344 Å². The minimum absolute atomic E-state index is 0.173. The number of esters is 2. The van der Waals surface area contributed by atoms with Gasteiger partial charge in [0.15, 0.2) is 0 Å². The van der Waals surface area contributed by atoms with Gasteiger partial charge >= 0.3 is 11.9 Å². The lowest BCUT2D eigenvalue weighted by atomic mass is 9.63. The predicted octanol–water partition coefficient (Wildman–Crippen LogP) is 11.2. The Morgan fingerprint density at radius 1 is 0.789 bits per heavy atom. The fourth-order valence-electron chi connectivity index (χ4n) is 8.68. The summed E-state index contributed by atoms with van der Waals surface area (Å²) in [6.07, 6.45) is 33.6. The van der Waals surface area contributed by atoms with Crippen LogP contribution in [-0.2, 0) is 23.8 Å². The highest BCUT2D eigenvalue weighted by molar-refractivity contribution is 5.69. The standard InChI is InChI=1S/C50H72O7/c1-12-13-14-15-16-27-45(53)55-36-41(30-31-50-47(8,9)32-42(52)33-49(50,11)57-50)26-20-25-38(3)22-18-17-21-37(2)23-19-24-39(4)28-29-44-46(6,7)34-43(56-40(5)51)35-48(44,10)54/h17-26,28,30-31,42-43,52,54H,12-16,27,32-36H2,1-11H3/b18-17+,23-19+,25-20+,31-30+,37-21+,38-22+,39-24+,41-26-/t29?,42-,43-,48+,49+,50-/m0/s1. The summed E-state index contributed by atoms with van der Waals surface area (Å²) in [5, 5.41) is 21.7. The molecule has 0 amide bonds. The number of hydrogen-bond acceptors (Lipinski definition) is 7. The molecule has 7 nitrogen and oxygen atoms in total. The first-order valence-corrected chi connectivity index (χ1v) is 21.0. The average Bonchev–Trinajstić information content (AvgIpc) is 3.71. The molecule has 0 spiro atoms. The van der Waals surface area contributed by atoms with Gasteiger partial charge in [0.1, 0.15) is 23.9 Å². The molecule has 0 aromatic rings. The lowest BCUT2D eigenvalue weighted by Gasteiger charge is -2.44. The molecule has 0 aromatic heterocycles. The average molecular weight is 785 g/mol. The lowest BCUT2D eigenvalue weighted by molar-refractivity contribution is -0.152. The Bertz CT molecular complexity index is 1710. The first-order valence-electron chi connectivity index (χ1n) is 21.0. The van der Waals surface area contributed by atoms with Crippen molar-refractivity contribution in [3.8, 4) is 0 Å². The van der Waals surface area contributed by atoms with Gasteiger partial charge in [-0.15, -0.1) is 5.73 Å². The number of aliphatic hydroxyl groups excluding tert-OH is 1. The van der Waals surface area contributed by atoms with Gasteiger partial charge in [-0.05, 0) is 82.6 Å². The van der Waals surface area contributed by atoms with Crippen LogP contribution in [0.2, 0.25) is 0 Å². The Hall–Kier alpha value is -3.74. The van der Waals surface area contributed by atoms with Crippen molar-refractivity contribution in [1.82, 2.24) is 0 Å². The van der Waals surface area contributed by atoms with Gasteiger partial charge in [0, 0.05) is 37.2 Å². The zero-order chi connectivity index (χ0) is 42.5. The van der Waals surface area contributed by atoms with E-state index in [0.717, 1.165) is 47.1 Å². The predicted molar refractivity (Wildman–Crippen MR) is 232 cm³/mol. The summed E-state index contributed by atoms with van der Waals surface area (Å²) in [6.45, 7) is 22.1. The molecule has 57 heavy (non-hydrogen) atoms. The molecule has 0 bridgehead atoms. The number of hydrogen-bond donors (Lipinski definition) is 2. The van der Waals surface area contributed by atoms with Crippen LogP contribution in [0.4, 0.5) is 0 Å². The van der Waals surface area contributed by atoms with E-state index in [1.807, 2.05) is 93.7 Å². The van der Waals surface area contributed by atoms with Crippen molar-refractivity contribution in [1.29, 1.82) is 0 Å². The maximum Gasteiger partial charge on any atom is 0.306 e. The van der Waals surface area contributed by atoms with Gasteiger partial charge in [-0.3, -0.25) is 9.59 Å². The van der Waals surface area contributed by atoms with E-state index < -0.39 is 16.8 Å². The van der Waals surface area contributed by atoms with Gasteiger partial charge in [-0.25, -0.2) is 0 Å². The lowest BCUT2D eigenvalue weighted by Crippen LogP contribution is -2.46. The second kappa shape index (κ2) is 20.8. The van der Waals surface area contributed by atoms with Crippen LogP contribution in [0.15, 0.2) is 113 Å². The number of rotatable bonds is 18. The van der Waals surface area contributed by atoms with Crippen molar-refractivity contribution in [3.05, 3.63) is 113 Å². The van der Waals surface area contributed by atoms with Gasteiger partial charge in [0.05, 0.1) is 11.7 Å². The third kappa shape index (κ3) is 14.2. The Balaban J connectivity index is 1.64. The highest BCUT2D eigenvalue weighted by atomic mass is 16.6. The van der Waals surface area contributed by atoms with Crippen molar-refractivity contribution in [3.63, 3.8) is 0 Å². The highest BCUT2D eigenvalue weighted by Crippen LogP contribution is 2.66. The van der Waals surface area contributed by atoms with Crippen molar-refractivity contribution in [2.45, 2.75) is 169 Å². The van der Waals surface area contributed by atoms with Crippen LogP contribution in [0.25, 0.3) is 0 Å². The van der Waals surface area contributed by atoms with Crippen LogP contribution in [0.5, 0.6) is 0 Å². The molecule has 3 rings (SSSR count). The molecule has 2 saturated carbocycles. The summed E-state index contributed by atoms with van der Waals surface area (Å²) in [7, 11) is 0. The fraction of sp³-hybridized carbons (Fsp3) is 0.580. The van der Waals surface area contributed by atoms with Gasteiger partial charge in [0.25, 0.3) is 0 Å². The van der Waals surface area contributed by atoms with Crippen LogP contribution in [0.3, 0.4) is 0 Å². The first kappa shape index (κ1) is 47.6. The molecule has 7 heteroatoms. The number of fused-ring (bicyclic) bond motifs is 1. The molecular weight excluding hydrogens is 713 g/mol. The Morgan fingerprint density at radius 2 is 1.40 bits per heavy atom. The van der Waals surface area contributed by atoms with E-state index in [2.05, 4.69) is 53.3 Å². The van der Waals surface area contributed by atoms with Gasteiger partial charge in [-0.1, -0.05) is 138 Å². The van der Waals surface area contributed by atoms with Crippen LogP contribution in [0, 0.1) is 10.8 Å². The quantitative estimate of drug-likeness (QED) is 0.0469. The van der Waals surface area contributed by atoms with Crippen molar-refractivity contribution in [2.24, 2.45) is 10.8 Å². The molecular formula is C50H72O7. The molecule has 1 heterocycles. The minimum atomic E-state index is -1.12. The highest BCUT2D eigenvalue weighted by Gasteiger charge is 2.74. The van der Waals surface area contributed by atoms with E-state index in [1.54, 1.807) is 6.92 Å². The number of carbonyl (C=O) groups is 2. The van der Waals surface area contributed by atoms with Crippen molar-refractivity contribution in [2.75, 3.05) is 6.61 Å². The van der Waals surface area contributed by atoms with Crippen molar-refractivity contribution >= 4 is 11.9 Å². The van der Waals surface area contributed by atoms with Crippen molar-refractivity contribution < 1.29 is 34.0 Å². The number of epoxide rings is 1. The molecule has 3 aliphatic rings. The molecule has 0 aromatic carbocycles. The molecule has 2 N–H and O–H groups in total. The number of aliphatic hydroxyl groups is 2. The maximum absolute atomic E-state index is 12.6. The molecule has 1 aliphatic heterocycles. The summed E-state index contributed by atoms with van der Waals surface area (Å²) in [4.78, 5) is 24.1. The van der Waals surface area contributed by atoms with Crippen LogP contribution in [0.1, 0.15) is 140 Å². The third-order valence-corrected chi connectivity index (χ3v) is 11.5. The molecule has 0 radical (unpaired) electrons. The molecule has 2 aliphatic carbocycles. The smallest absolute Gasteiger partial charge is 0.306 e. The summed E-state index contributed by atoms with van der Waals surface area (Å²) >= 11 is 0. The molecule has 5 atom stereocenters. The Kier molecular flexibility index (Phi) is 17.4. The summed E-state index contributed by atoms with van der Waals surface area (Å²) in [5.74, 6) is -0.500. The first-order chi connectivity index (χ1) is 26.6. The maximum atomic E-state index is 12.6. The number of ether oxygens (including phenoxy) is 3. The molecule has 1 saturated heterocycles. The Morgan fingerprint density at radius 3 is 2.00 bits per heavy atom. The second-order valence-electron chi connectivity index (χ2n) is 18.2. The van der Waals surface area contributed by atoms with E-state index >= 15 is 0 Å². The molecule has 314 valence electrons. The number of unbranched alkanes of at least 4 members (excludes halogenated alkanes) is 4. The van der Waals surface area contributed by atoms with E-state index in [1.165, 1.54) is 19.8 Å². The van der Waals surface area contributed by atoms with Gasteiger partial charge in [-0.2, -0.15) is 0 Å². The van der Waals surface area contributed by atoms with Crippen LogP contribution < -0.4 is 0 Å². The van der Waals surface area contributed by atoms with E-state index in [-0.39, 0.29) is 41.6 Å². The van der Waals surface area contributed by atoms with E-state index in [0.29, 0.717) is 32.1 Å². The van der Waals surface area contributed by atoms with E-state index in [4.69, 9.17) is 14.2 Å². The monoisotopic (exact) mass is 785 g/mol. The largest absolute Gasteiger partial charge is 0.462 e. The zero-order valence-corrected chi connectivity index (χ0v) is 36.9. The van der Waals surface area contributed by atoms with Gasteiger partial charge < -0.3 is 24.4 Å². The molecule has 3 fully saturated rings. The molecule has 0 unspecified atom stereocenters. The zero-order valence-electron chi connectivity index (χ0n) is 36.9. The minimum Gasteiger partial charge on any atom is -0.462 e. The van der Waals surface area contributed by atoms with Crippen LogP contribution in [-0.4, -0.2) is 57.8 Å². The van der Waals surface area contributed by atoms with Crippen LogP contribution >= 0.6 is 0 Å². The normalized spacial score (nSPS) is 29.2. The third-order valence-electron chi connectivity index (χ3n) is 11.5. The number of carbonyl (C=O) groups excluding carboxylic acids is 2. The number of allylic oxidation sites excluding steroid dienone is 13. The van der Waals surface area contributed by atoms with E-state index in [9.17, 15) is 19.8 Å².